The highest BCUT2D eigenvalue weighted by molar-refractivity contribution is 5.91. The summed E-state index contributed by atoms with van der Waals surface area (Å²) < 4.78 is 6.06. The monoisotopic (exact) mass is 366 g/mol. The molecule has 0 aliphatic heterocycles. The minimum absolute atomic E-state index is 0.0396. The summed E-state index contributed by atoms with van der Waals surface area (Å²) in [7, 11) is 4.02. The summed E-state index contributed by atoms with van der Waals surface area (Å²) in [6.07, 6.45) is 6.36. The molecule has 1 aliphatic carbocycles. The van der Waals surface area contributed by atoms with E-state index in [1.807, 2.05) is 45.3 Å². The number of hydrogen-bond acceptors (Lipinski definition) is 3. The van der Waals surface area contributed by atoms with Gasteiger partial charge in [-0.15, -0.1) is 0 Å². The molecule has 0 heterocycles. The predicted octanol–water partition coefficient (Wildman–Crippen LogP) is 4.95. The maximum Gasteiger partial charge on any atom is 0.224 e. The van der Waals surface area contributed by atoms with E-state index in [0.717, 1.165) is 41.1 Å². The van der Waals surface area contributed by atoms with E-state index in [-0.39, 0.29) is 5.91 Å². The topological polar surface area (TPSA) is 41.6 Å². The third-order valence-electron chi connectivity index (χ3n) is 5.14. The molecule has 1 N–H and O–H groups in total. The average Bonchev–Trinajstić information content (AvgIpc) is 3.15. The lowest BCUT2D eigenvalue weighted by molar-refractivity contribution is -0.116. The molecule has 0 spiro atoms. The third-order valence-corrected chi connectivity index (χ3v) is 5.14. The molecule has 0 bridgehead atoms. The molecule has 27 heavy (non-hydrogen) atoms. The van der Waals surface area contributed by atoms with E-state index in [2.05, 4.69) is 28.4 Å². The van der Waals surface area contributed by atoms with Crippen LogP contribution in [0.15, 0.2) is 42.5 Å². The molecule has 4 nitrogen and oxygen atoms in total. The second-order valence-electron chi connectivity index (χ2n) is 7.61. The number of anilines is 2. The smallest absolute Gasteiger partial charge is 0.224 e. The standard InChI is InChI=1S/C23H30N2O2/c1-17-15-19(25(2)3)12-13-22(17)24-23(26)14-11-18-7-6-10-21(16-18)27-20-8-4-5-9-20/h6-7,10,12-13,15-16,20H,4-5,8-9,11,14H2,1-3H3,(H,24,26). The summed E-state index contributed by atoms with van der Waals surface area (Å²) in [4.78, 5) is 14.4. The first-order valence-electron chi connectivity index (χ1n) is 9.84. The van der Waals surface area contributed by atoms with Gasteiger partial charge < -0.3 is 15.0 Å². The van der Waals surface area contributed by atoms with E-state index in [0.29, 0.717) is 18.9 Å². The Bertz CT molecular complexity index is 780. The first-order valence-corrected chi connectivity index (χ1v) is 9.84. The van der Waals surface area contributed by atoms with Crippen LogP contribution in [0.5, 0.6) is 5.75 Å². The summed E-state index contributed by atoms with van der Waals surface area (Å²) in [5.41, 5.74) is 4.22. The quantitative estimate of drug-likeness (QED) is 0.753. The number of rotatable bonds is 7. The summed E-state index contributed by atoms with van der Waals surface area (Å²) in [6.45, 7) is 2.02. The summed E-state index contributed by atoms with van der Waals surface area (Å²) >= 11 is 0. The third kappa shape index (κ3) is 5.49. The van der Waals surface area contributed by atoms with Gasteiger partial charge in [-0.3, -0.25) is 4.79 Å². The van der Waals surface area contributed by atoms with Crippen molar-refractivity contribution in [1.82, 2.24) is 0 Å². The van der Waals surface area contributed by atoms with Gasteiger partial charge in [-0.1, -0.05) is 12.1 Å². The minimum Gasteiger partial charge on any atom is -0.490 e. The van der Waals surface area contributed by atoms with Crippen LogP contribution in [0.25, 0.3) is 0 Å². The van der Waals surface area contributed by atoms with Gasteiger partial charge in [-0.25, -0.2) is 0 Å². The molecule has 0 saturated heterocycles. The molecule has 1 saturated carbocycles. The van der Waals surface area contributed by atoms with E-state index in [1.54, 1.807) is 0 Å². The molecule has 0 atom stereocenters. The lowest BCUT2D eigenvalue weighted by Crippen LogP contribution is -2.14. The van der Waals surface area contributed by atoms with Gasteiger partial charge in [0.05, 0.1) is 6.10 Å². The number of nitrogens with zero attached hydrogens (tertiary/aromatic N) is 1. The molecular weight excluding hydrogens is 336 g/mol. The molecule has 1 fully saturated rings. The Labute approximate surface area is 162 Å². The number of aryl methyl sites for hydroxylation is 2. The molecule has 144 valence electrons. The molecule has 4 heteroatoms. The number of carbonyl (C=O) groups is 1. The van der Waals surface area contributed by atoms with Gasteiger partial charge in [-0.05, 0) is 80.5 Å². The number of nitrogens with one attached hydrogen (secondary N) is 1. The van der Waals surface area contributed by atoms with Crippen LogP contribution in [0, 0.1) is 6.92 Å². The van der Waals surface area contributed by atoms with Crippen molar-refractivity contribution in [2.75, 3.05) is 24.3 Å². The minimum atomic E-state index is 0.0396. The van der Waals surface area contributed by atoms with Crippen LogP contribution in [0.1, 0.15) is 43.2 Å². The zero-order valence-electron chi connectivity index (χ0n) is 16.6. The van der Waals surface area contributed by atoms with E-state index in [9.17, 15) is 4.79 Å². The second kappa shape index (κ2) is 8.94. The summed E-state index contributed by atoms with van der Waals surface area (Å²) in [5, 5.41) is 3.03. The molecule has 2 aromatic rings. The average molecular weight is 367 g/mol. The SMILES string of the molecule is Cc1cc(N(C)C)ccc1NC(=O)CCc1cccc(OC2CCCC2)c1. The first-order chi connectivity index (χ1) is 13.0. The van der Waals surface area contributed by atoms with Crippen molar-refractivity contribution in [2.45, 2.75) is 51.6 Å². The van der Waals surface area contributed by atoms with Gasteiger partial charge in [0.25, 0.3) is 0 Å². The van der Waals surface area contributed by atoms with Crippen LogP contribution in [-0.2, 0) is 11.2 Å². The van der Waals surface area contributed by atoms with Crippen molar-refractivity contribution < 1.29 is 9.53 Å². The van der Waals surface area contributed by atoms with Crippen molar-refractivity contribution in [1.29, 1.82) is 0 Å². The Morgan fingerprint density at radius 1 is 1.15 bits per heavy atom. The molecule has 1 aliphatic rings. The molecular formula is C23H30N2O2. The Hall–Kier alpha value is -2.49. The van der Waals surface area contributed by atoms with Crippen LogP contribution >= 0.6 is 0 Å². The fourth-order valence-corrected chi connectivity index (χ4v) is 3.51. The van der Waals surface area contributed by atoms with Gasteiger partial charge in [0.15, 0.2) is 0 Å². The fourth-order valence-electron chi connectivity index (χ4n) is 3.51. The lowest BCUT2D eigenvalue weighted by Gasteiger charge is -2.16. The number of amides is 1. The van der Waals surface area contributed by atoms with E-state index < -0.39 is 0 Å². The van der Waals surface area contributed by atoms with Gasteiger partial charge in [-0.2, -0.15) is 0 Å². The Morgan fingerprint density at radius 2 is 1.93 bits per heavy atom. The number of carbonyl (C=O) groups excluding carboxylic acids is 1. The molecule has 0 radical (unpaired) electrons. The molecule has 0 aromatic heterocycles. The molecule has 3 rings (SSSR count). The maximum absolute atomic E-state index is 12.4. The van der Waals surface area contributed by atoms with Crippen LogP contribution in [0.4, 0.5) is 11.4 Å². The van der Waals surface area contributed by atoms with Crippen LogP contribution < -0.4 is 15.0 Å². The van der Waals surface area contributed by atoms with Crippen LogP contribution in [0.3, 0.4) is 0 Å². The van der Waals surface area contributed by atoms with Gasteiger partial charge in [0.1, 0.15) is 5.75 Å². The van der Waals surface area contributed by atoms with E-state index >= 15 is 0 Å². The summed E-state index contributed by atoms with van der Waals surface area (Å²) in [5.74, 6) is 0.966. The lowest BCUT2D eigenvalue weighted by atomic mass is 10.1. The zero-order valence-corrected chi connectivity index (χ0v) is 16.6. The maximum atomic E-state index is 12.4. The molecule has 1 amide bonds. The van der Waals surface area contributed by atoms with Gasteiger partial charge >= 0.3 is 0 Å². The molecule has 2 aromatic carbocycles. The van der Waals surface area contributed by atoms with E-state index in [1.165, 1.54) is 12.8 Å². The van der Waals surface area contributed by atoms with Gasteiger partial charge in [0, 0.05) is 31.9 Å². The highest BCUT2D eigenvalue weighted by atomic mass is 16.5. The first kappa shape index (κ1) is 19.3. The predicted molar refractivity (Wildman–Crippen MR) is 112 cm³/mol. The normalized spacial score (nSPS) is 14.2. The van der Waals surface area contributed by atoms with Crippen molar-refractivity contribution in [3.63, 3.8) is 0 Å². The van der Waals surface area contributed by atoms with Crippen molar-refractivity contribution >= 4 is 17.3 Å². The van der Waals surface area contributed by atoms with Crippen LogP contribution in [0.2, 0.25) is 0 Å². The van der Waals surface area contributed by atoms with Crippen molar-refractivity contribution in [3.8, 4) is 5.75 Å². The highest BCUT2D eigenvalue weighted by Gasteiger charge is 2.16. The van der Waals surface area contributed by atoms with Crippen LogP contribution in [-0.4, -0.2) is 26.1 Å². The summed E-state index contributed by atoms with van der Waals surface area (Å²) in [6, 6.07) is 14.2. The number of benzene rings is 2. The van der Waals surface area contributed by atoms with E-state index in [4.69, 9.17) is 4.74 Å². The number of ether oxygens (including phenoxy) is 1. The number of hydrogen-bond donors (Lipinski definition) is 1. The Balaban J connectivity index is 1.53. The van der Waals surface area contributed by atoms with Crippen molar-refractivity contribution in [3.05, 3.63) is 53.6 Å². The van der Waals surface area contributed by atoms with Gasteiger partial charge in [0.2, 0.25) is 5.91 Å². The largest absolute Gasteiger partial charge is 0.490 e. The highest BCUT2D eigenvalue weighted by Crippen LogP contribution is 2.25. The second-order valence-corrected chi connectivity index (χ2v) is 7.61. The van der Waals surface area contributed by atoms with Crippen molar-refractivity contribution in [2.24, 2.45) is 0 Å². The molecule has 0 unspecified atom stereocenters. The Kier molecular flexibility index (Phi) is 6.38. The fraction of sp³-hybridized carbons (Fsp3) is 0.435. The Morgan fingerprint density at radius 3 is 2.63 bits per heavy atom. The zero-order chi connectivity index (χ0) is 19.2.